The van der Waals surface area contributed by atoms with Gasteiger partial charge in [0.2, 0.25) is 0 Å². The van der Waals surface area contributed by atoms with Crippen LogP contribution in [0, 0.1) is 11.3 Å². The molecule has 0 spiro atoms. The number of anilines is 1. The Morgan fingerprint density at radius 2 is 2.00 bits per heavy atom. The van der Waals surface area contributed by atoms with Crippen molar-refractivity contribution in [1.82, 2.24) is 0 Å². The molecule has 1 aliphatic rings. The van der Waals surface area contributed by atoms with Gasteiger partial charge in [-0.05, 0) is 12.1 Å². The van der Waals surface area contributed by atoms with Crippen molar-refractivity contribution in [2.45, 2.75) is 3.74 Å². The number of hydrogen-bond donors (Lipinski definition) is 0. The summed E-state index contributed by atoms with van der Waals surface area (Å²) in [7, 11) is 0. The van der Waals surface area contributed by atoms with Gasteiger partial charge in [0.1, 0.15) is 14.8 Å². The quantitative estimate of drug-likeness (QED) is 0.368. The Hall–Kier alpha value is -0.620. The van der Waals surface area contributed by atoms with Gasteiger partial charge in [0.15, 0.2) is 5.78 Å². The predicted octanol–water partition coefficient (Wildman–Crippen LogP) is 5.73. The van der Waals surface area contributed by atoms with E-state index in [0.717, 1.165) is 5.00 Å². The van der Waals surface area contributed by atoms with Crippen molar-refractivity contribution in [3.8, 4) is 17.2 Å². The first kappa shape index (κ1) is 20.1. The summed E-state index contributed by atoms with van der Waals surface area (Å²) >= 11 is 20.2. The Kier molecular flexibility index (Phi) is 6.65. The highest BCUT2D eigenvalue weighted by Crippen LogP contribution is 2.45. The lowest BCUT2D eigenvalue weighted by Crippen LogP contribution is -2.36. The highest BCUT2D eigenvalue weighted by Gasteiger charge is 2.30. The third-order valence-corrected chi connectivity index (χ3v) is 6.57. The van der Waals surface area contributed by atoms with Gasteiger partial charge in [-0.1, -0.05) is 61.1 Å². The molecule has 1 aromatic heterocycles. The summed E-state index contributed by atoms with van der Waals surface area (Å²) in [6, 6.07) is 7.32. The first-order chi connectivity index (χ1) is 12.4. The van der Waals surface area contributed by atoms with Crippen molar-refractivity contribution in [3.63, 3.8) is 0 Å². The number of nitrogens with zero attached hydrogens (tertiary/aromatic N) is 2. The van der Waals surface area contributed by atoms with E-state index in [1.54, 1.807) is 18.2 Å². The van der Waals surface area contributed by atoms with Crippen LogP contribution >= 0.6 is 66.4 Å². The Morgan fingerprint density at radius 1 is 1.31 bits per heavy atom. The molecule has 1 aliphatic heterocycles. The summed E-state index contributed by atoms with van der Waals surface area (Å²) in [5.41, 5.74) is 1.62. The van der Waals surface area contributed by atoms with E-state index in [1.165, 1.54) is 11.3 Å². The summed E-state index contributed by atoms with van der Waals surface area (Å²) in [4.78, 5) is 15.3. The van der Waals surface area contributed by atoms with Gasteiger partial charge in [-0.15, -0.1) is 11.3 Å². The molecule has 1 fully saturated rings. The van der Waals surface area contributed by atoms with E-state index in [0.29, 0.717) is 57.9 Å². The molecule has 0 radical (unpaired) electrons. The van der Waals surface area contributed by atoms with Crippen molar-refractivity contribution in [2.75, 3.05) is 31.2 Å². The average Bonchev–Trinajstić information content (AvgIpc) is 3.01. The second kappa shape index (κ2) is 8.59. The third-order valence-electron chi connectivity index (χ3n) is 3.92. The average molecular weight is 539 g/mol. The molecular weight excluding hydrogens is 527 g/mol. The molecule has 2 aromatic rings. The van der Waals surface area contributed by atoms with Crippen molar-refractivity contribution < 1.29 is 9.53 Å². The van der Waals surface area contributed by atoms with Gasteiger partial charge < -0.3 is 9.64 Å². The molecule has 0 unspecified atom stereocenters. The van der Waals surface area contributed by atoms with E-state index >= 15 is 0 Å². The topological polar surface area (TPSA) is 53.3 Å². The molecule has 9 heteroatoms. The number of thiophene rings is 1. The van der Waals surface area contributed by atoms with Crippen LogP contribution in [0.2, 0.25) is 10.0 Å². The van der Waals surface area contributed by atoms with E-state index in [-0.39, 0.29) is 5.78 Å². The minimum Gasteiger partial charge on any atom is -0.378 e. The molecule has 0 saturated carbocycles. The highest BCUT2D eigenvalue weighted by atomic mass is 79.9. The normalized spacial score (nSPS) is 14.5. The maximum absolute atomic E-state index is 12.8. The van der Waals surface area contributed by atoms with E-state index < -0.39 is 3.74 Å². The van der Waals surface area contributed by atoms with Crippen LogP contribution in [-0.2, 0) is 4.74 Å². The first-order valence-corrected chi connectivity index (χ1v) is 11.0. The van der Waals surface area contributed by atoms with Gasteiger partial charge >= 0.3 is 0 Å². The standard InChI is InChI=1S/C17H12Br2Cl2N2O2S/c18-16(19)14(24)15-13(10-2-1-9(20)7-12(10)21)11(8-22)17(26-15)23-3-5-25-6-4-23/h1-2,7,16H,3-6H2. The Morgan fingerprint density at radius 3 is 2.58 bits per heavy atom. The van der Waals surface area contributed by atoms with E-state index in [4.69, 9.17) is 27.9 Å². The molecule has 0 aliphatic carbocycles. The van der Waals surface area contributed by atoms with Crippen LogP contribution in [0.4, 0.5) is 5.00 Å². The maximum atomic E-state index is 12.8. The van der Waals surface area contributed by atoms with Crippen LogP contribution < -0.4 is 4.90 Å². The lowest BCUT2D eigenvalue weighted by atomic mass is 10.00. The Bertz CT molecular complexity index is 890. The van der Waals surface area contributed by atoms with E-state index in [1.807, 2.05) is 0 Å². The van der Waals surface area contributed by atoms with Gasteiger partial charge in [0.25, 0.3) is 0 Å². The Balaban J connectivity index is 2.24. The van der Waals surface area contributed by atoms with Gasteiger partial charge in [-0.3, -0.25) is 4.79 Å². The number of halogens is 4. The molecule has 1 saturated heterocycles. The second-order valence-electron chi connectivity index (χ2n) is 5.49. The molecule has 26 heavy (non-hydrogen) atoms. The van der Waals surface area contributed by atoms with Crippen molar-refractivity contribution in [3.05, 3.63) is 38.7 Å². The van der Waals surface area contributed by atoms with Crippen LogP contribution in [-0.4, -0.2) is 35.8 Å². The number of nitriles is 1. The van der Waals surface area contributed by atoms with Crippen molar-refractivity contribution >= 4 is 77.2 Å². The number of morpholine rings is 1. The van der Waals surface area contributed by atoms with Crippen LogP contribution in [0.15, 0.2) is 18.2 Å². The number of Topliss-reactive ketones (excluding diaryl/α,β-unsaturated/α-hetero) is 1. The molecule has 0 N–H and O–H groups in total. The molecular formula is C17H12Br2Cl2N2O2S. The third kappa shape index (κ3) is 3.96. The number of carbonyl (C=O) groups is 1. The van der Waals surface area contributed by atoms with Gasteiger partial charge in [0, 0.05) is 34.3 Å². The molecule has 0 atom stereocenters. The fourth-order valence-electron chi connectivity index (χ4n) is 2.73. The summed E-state index contributed by atoms with van der Waals surface area (Å²) in [5.74, 6) is -0.160. The fourth-order valence-corrected chi connectivity index (χ4v) is 5.29. The monoisotopic (exact) mass is 536 g/mol. The molecule has 4 nitrogen and oxygen atoms in total. The first-order valence-electron chi connectivity index (χ1n) is 7.61. The summed E-state index contributed by atoms with van der Waals surface area (Å²) in [6.45, 7) is 2.51. The molecule has 3 rings (SSSR count). The smallest absolute Gasteiger partial charge is 0.197 e. The molecule has 136 valence electrons. The predicted molar refractivity (Wildman–Crippen MR) is 113 cm³/mol. The number of carbonyl (C=O) groups excluding carboxylic acids is 1. The van der Waals surface area contributed by atoms with Gasteiger partial charge in [-0.2, -0.15) is 5.26 Å². The van der Waals surface area contributed by atoms with Crippen LogP contribution in [0.1, 0.15) is 15.2 Å². The molecule has 0 amide bonds. The number of benzene rings is 1. The number of hydrogen-bond acceptors (Lipinski definition) is 5. The van der Waals surface area contributed by atoms with Gasteiger partial charge in [-0.25, -0.2) is 0 Å². The highest BCUT2D eigenvalue weighted by molar-refractivity contribution is 9.25. The molecule has 1 aromatic carbocycles. The minimum atomic E-state index is -0.553. The van der Waals surface area contributed by atoms with Crippen LogP contribution in [0.25, 0.3) is 11.1 Å². The summed E-state index contributed by atoms with van der Waals surface area (Å²) in [6.07, 6.45) is 0. The fraction of sp³-hybridized carbons (Fsp3) is 0.294. The maximum Gasteiger partial charge on any atom is 0.197 e. The number of alkyl halides is 2. The number of ketones is 1. The van der Waals surface area contributed by atoms with E-state index in [2.05, 4.69) is 42.8 Å². The number of rotatable bonds is 4. The largest absolute Gasteiger partial charge is 0.378 e. The zero-order chi connectivity index (χ0) is 18.8. The van der Waals surface area contributed by atoms with E-state index in [9.17, 15) is 10.1 Å². The molecule has 0 bridgehead atoms. The van der Waals surface area contributed by atoms with Crippen LogP contribution in [0.3, 0.4) is 0 Å². The van der Waals surface area contributed by atoms with Crippen LogP contribution in [0.5, 0.6) is 0 Å². The Labute approximate surface area is 181 Å². The van der Waals surface area contributed by atoms with Gasteiger partial charge in [0.05, 0.1) is 23.7 Å². The minimum absolute atomic E-state index is 0.160. The zero-order valence-electron chi connectivity index (χ0n) is 13.3. The summed E-state index contributed by atoms with van der Waals surface area (Å²) < 4.78 is 4.84. The zero-order valence-corrected chi connectivity index (χ0v) is 18.8. The van der Waals surface area contributed by atoms with Crippen molar-refractivity contribution in [1.29, 1.82) is 5.26 Å². The lowest BCUT2D eigenvalue weighted by molar-refractivity contribution is 0.102. The second-order valence-corrected chi connectivity index (χ2v) is 10.4. The summed E-state index contributed by atoms with van der Waals surface area (Å²) in [5, 5.41) is 11.5. The molecule has 2 heterocycles. The van der Waals surface area contributed by atoms with Crippen molar-refractivity contribution in [2.24, 2.45) is 0 Å². The number of ether oxygens (including phenoxy) is 1. The lowest BCUT2D eigenvalue weighted by Gasteiger charge is -2.27. The SMILES string of the molecule is N#Cc1c(N2CCOCC2)sc(C(=O)C(Br)Br)c1-c1ccc(Cl)cc1Cl.